The third-order valence-corrected chi connectivity index (χ3v) is 4.47. The maximum atomic E-state index is 12.2. The summed E-state index contributed by atoms with van der Waals surface area (Å²) in [7, 11) is 3.19. The number of carbonyl (C=O) groups excluding carboxylic acids is 1. The van der Waals surface area contributed by atoms with Crippen molar-refractivity contribution in [2.75, 3.05) is 49.4 Å². The lowest BCUT2D eigenvalue weighted by atomic mass is 10.2. The Morgan fingerprint density at radius 3 is 2.42 bits per heavy atom. The van der Waals surface area contributed by atoms with Gasteiger partial charge < -0.3 is 25.0 Å². The number of rotatable bonds is 7. The van der Waals surface area contributed by atoms with E-state index in [1.165, 1.54) is 18.5 Å². The number of anilines is 3. The number of amides is 1. The summed E-state index contributed by atoms with van der Waals surface area (Å²) in [5.41, 5.74) is 2.75. The predicted molar refractivity (Wildman–Crippen MR) is 105 cm³/mol. The first kappa shape index (κ1) is 17.9. The number of nitrogens with one attached hydrogen (secondary N) is 2. The van der Waals surface area contributed by atoms with Gasteiger partial charge in [0.1, 0.15) is 11.5 Å². The van der Waals surface area contributed by atoms with Crippen LogP contribution in [-0.4, -0.2) is 39.8 Å². The fourth-order valence-corrected chi connectivity index (χ4v) is 3.06. The van der Waals surface area contributed by atoms with Gasteiger partial charge in [0.15, 0.2) is 0 Å². The summed E-state index contributed by atoms with van der Waals surface area (Å²) in [6, 6.07) is 13.4. The molecule has 2 aromatic rings. The lowest BCUT2D eigenvalue weighted by Gasteiger charge is -2.18. The van der Waals surface area contributed by atoms with Crippen molar-refractivity contribution in [1.29, 1.82) is 0 Å². The molecule has 3 rings (SSSR count). The van der Waals surface area contributed by atoms with Gasteiger partial charge in [-0.25, -0.2) is 0 Å². The molecule has 0 bridgehead atoms. The SMILES string of the molecule is COc1ccc(NCC(=O)Nc2ccc(N3CCCC3)cc2)c(OC)c1. The van der Waals surface area contributed by atoms with Crippen LogP contribution in [-0.2, 0) is 4.79 Å². The molecule has 6 heteroatoms. The van der Waals surface area contributed by atoms with Gasteiger partial charge in [-0.15, -0.1) is 0 Å². The lowest BCUT2D eigenvalue weighted by molar-refractivity contribution is -0.114. The summed E-state index contributed by atoms with van der Waals surface area (Å²) in [6.07, 6.45) is 2.50. The first-order valence-corrected chi connectivity index (χ1v) is 8.80. The molecule has 1 fully saturated rings. The number of methoxy groups -OCH3 is 2. The van der Waals surface area contributed by atoms with E-state index >= 15 is 0 Å². The van der Waals surface area contributed by atoms with Gasteiger partial charge in [-0.1, -0.05) is 0 Å². The Labute approximate surface area is 154 Å². The van der Waals surface area contributed by atoms with Crippen LogP contribution in [0.2, 0.25) is 0 Å². The molecule has 1 heterocycles. The Morgan fingerprint density at radius 2 is 1.77 bits per heavy atom. The number of carbonyl (C=O) groups is 1. The summed E-state index contributed by atoms with van der Waals surface area (Å²) in [5, 5.41) is 6.00. The number of benzene rings is 2. The zero-order valence-corrected chi connectivity index (χ0v) is 15.2. The van der Waals surface area contributed by atoms with Gasteiger partial charge in [-0.2, -0.15) is 0 Å². The lowest BCUT2D eigenvalue weighted by Crippen LogP contribution is -2.22. The zero-order valence-electron chi connectivity index (χ0n) is 15.2. The number of ether oxygens (including phenoxy) is 2. The average Bonchev–Trinajstić information content (AvgIpc) is 3.21. The second-order valence-corrected chi connectivity index (χ2v) is 6.21. The van der Waals surface area contributed by atoms with E-state index in [-0.39, 0.29) is 12.5 Å². The van der Waals surface area contributed by atoms with Crippen molar-refractivity contribution >= 4 is 23.0 Å². The number of hydrogen-bond acceptors (Lipinski definition) is 5. The van der Waals surface area contributed by atoms with E-state index in [4.69, 9.17) is 9.47 Å². The second kappa shape index (κ2) is 8.47. The summed E-state index contributed by atoms with van der Waals surface area (Å²) in [6.45, 7) is 2.37. The molecule has 0 atom stereocenters. The highest BCUT2D eigenvalue weighted by atomic mass is 16.5. The van der Waals surface area contributed by atoms with E-state index in [1.807, 2.05) is 24.3 Å². The van der Waals surface area contributed by atoms with Gasteiger partial charge in [0.2, 0.25) is 5.91 Å². The molecule has 2 aromatic carbocycles. The van der Waals surface area contributed by atoms with Crippen LogP contribution in [0.1, 0.15) is 12.8 Å². The van der Waals surface area contributed by atoms with Crippen molar-refractivity contribution in [3.63, 3.8) is 0 Å². The first-order chi connectivity index (χ1) is 12.7. The molecule has 2 N–H and O–H groups in total. The van der Waals surface area contributed by atoms with Crippen LogP contribution < -0.4 is 25.0 Å². The molecule has 0 saturated carbocycles. The quantitative estimate of drug-likeness (QED) is 0.797. The highest BCUT2D eigenvalue weighted by molar-refractivity contribution is 5.94. The van der Waals surface area contributed by atoms with Crippen molar-refractivity contribution in [3.05, 3.63) is 42.5 Å². The van der Waals surface area contributed by atoms with Crippen molar-refractivity contribution in [2.24, 2.45) is 0 Å². The van der Waals surface area contributed by atoms with Crippen LogP contribution in [0.25, 0.3) is 0 Å². The molecule has 1 amide bonds. The fraction of sp³-hybridized carbons (Fsp3) is 0.350. The zero-order chi connectivity index (χ0) is 18.4. The van der Waals surface area contributed by atoms with Gasteiger partial charge >= 0.3 is 0 Å². The third-order valence-electron chi connectivity index (χ3n) is 4.47. The van der Waals surface area contributed by atoms with Crippen LogP contribution in [0.3, 0.4) is 0 Å². The Bertz CT molecular complexity index is 740. The van der Waals surface area contributed by atoms with Crippen molar-refractivity contribution in [1.82, 2.24) is 0 Å². The molecule has 26 heavy (non-hydrogen) atoms. The molecule has 0 spiro atoms. The smallest absolute Gasteiger partial charge is 0.243 e. The molecular formula is C20H25N3O3. The molecule has 0 radical (unpaired) electrons. The average molecular weight is 355 g/mol. The van der Waals surface area contributed by atoms with Crippen LogP contribution in [0.5, 0.6) is 11.5 Å². The standard InChI is InChI=1S/C20H25N3O3/c1-25-17-9-10-18(19(13-17)26-2)21-14-20(24)22-15-5-7-16(8-6-15)23-11-3-4-12-23/h5-10,13,21H,3-4,11-12,14H2,1-2H3,(H,22,24). The van der Waals surface area contributed by atoms with E-state index in [0.29, 0.717) is 11.5 Å². The van der Waals surface area contributed by atoms with Crippen molar-refractivity contribution in [2.45, 2.75) is 12.8 Å². The minimum Gasteiger partial charge on any atom is -0.497 e. The monoisotopic (exact) mass is 355 g/mol. The van der Waals surface area contributed by atoms with Gasteiger partial charge in [0.25, 0.3) is 0 Å². The van der Waals surface area contributed by atoms with Crippen molar-refractivity contribution in [3.8, 4) is 11.5 Å². The second-order valence-electron chi connectivity index (χ2n) is 6.21. The maximum absolute atomic E-state index is 12.2. The summed E-state index contributed by atoms with van der Waals surface area (Å²) >= 11 is 0. The predicted octanol–water partition coefficient (Wildman–Crippen LogP) is 3.35. The van der Waals surface area contributed by atoms with E-state index < -0.39 is 0 Å². The Balaban J connectivity index is 1.54. The van der Waals surface area contributed by atoms with Gasteiger partial charge in [0.05, 0.1) is 26.5 Å². The highest BCUT2D eigenvalue weighted by Gasteiger charge is 2.12. The number of nitrogens with zero attached hydrogens (tertiary/aromatic N) is 1. The van der Waals surface area contributed by atoms with E-state index in [0.717, 1.165) is 24.5 Å². The molecule has 138 valence electrons. The Morgan fingerprint density at radius 1 is 1.04 bits per heavy atom. The Kier molecular flexibility index (Phi) is 5.84. The molecule has 0 aromatic heterocycles. The molecule has 1 aliphatic heterocycles. The van der Waals surface area contributed by atoms with Crippen LogP contribution >= 0.6 is 0 Å². The molecular weight excluding hydrogens is 330 g/mol. The van der Waals surface area contributed by atoms with Gasteiger partial charge in [0, 0.05) is 30.5 Å². The van der Waals surface area contributed by atoms with E-state index in [9.17, 15) is 4.79 Å². The first-order valence-electron chi connectivity index (χ1n) is 8.80. The highest BCUT2D eigenvalue weighted by Crippen LogP contribution is 2.28. The molecule has 1 saturated heterocycles. The molecule has 1 aliphatic rings. The molecule has 0 unspecified atom stereocenters. The topological polar surface area (TPSA) is 62.8 Å². The fourth-order valence-electron chi connectivity index (χ4n) is 3.06. The summed E-state index contributed by atoms with van der Waals surface area (Å²) < 4.78 is 10.5. The largest absolute Gasteiger partial charge is 0.497 e. The van der Waals surface area contributed by atoms with Gasteiger partial charge in [-0.05, 0) is 49.2 Å². The summed E-state index contributed by atoms with van der Waals surface area (Å²) in [5.74, 6) is 1.22. The maximum Gasteiger partial charge on any atom is 0.243 e. The Hall–Kier alpha value is -2.89. The minimum absolute atomic E-state index is 0.114. The van der Waals surface area contributed by atoms with Crippen LogP contribution in [0, 0.1) is 0 Å². The molecule has 0 aliphatic carbocycles. The van der Waals surface area contributed by atoms with Crippen molar-refractivity contribution < 1.29 is 14.3 Å². The summed E-state index contributed by atoms with van der Waals surface area (Å²) in [4.78, 5) is 14.6. The van der Waals surface area contributed by atoms with E-state index in [2.05, 4.69) is 27.7 Å². The van der Waals surface area contributed by atoms with Gasteiger partial charge in [-0.3, -0.25) is 4.79 Å². The third kappa shape index (κ3) is 4.39. The molecule has 6 nitrogen and oxygen atoms in total. The van der Waals surface area contributed by atoms with Crippen LogP contribution in [0.4, 0.5) is 17.1 Å². The minimum atomic E-state index is -0.114. The van der Waals surface area contributed by atoms with Crippen LogP contribution in [0.15, 0.2) is 42.5 Å². The number of hydrogen-bond donors (Lipinski definition) is 2. The normalized spacial score (nSPS) is 13.4. The van der Waals surface area contributed by atoms with E-state index in [1.54, 1.807) is 20.3 Å².